The Bertz CT molecular complexity index is 538. The fraction of sp³-hybridized carbons (Fsp3) is 0.231. The highest BCUT2D eigenvalue weighted by molar-refractivity contribution is 6.29. The standard InChI is InChI=1S/C13H13ClN2O2/c1-2-11-5-10(6-12(14)16-11)13(17)15-7-9-3-4-18-8-9/h3-6,8H,2,7H2,1H3,(H,15,17). The van der Waals surface area contributed by atoms with Crippen molar-refractivity contribution in [1.29, 1.82) is 0 Å². The topological polar surface area (TPSA) is 55.1 Å². The summed E-state index contributed by atoms with van der Waals surface area (Å²) in [7, 11) is 0. The molecule has 94 valence electrons. The van der Waals surface area contributed by atoms with Crippen molar-refractivity contribution in [3.63, 3.8) is 0 Å². The summed E-state index contributed by atoms with van der Waals surface area (Å²) in [6.45, 7) is 2.39. The maximum Gasteiger partial charge on any atom is 0.251 e. The first-order valence-corrected chi connectivity index (χ1v) is 6.02. The molecule has 0 aliphatic rings. The summed E-state index contributed by atoms with van der Waals surface area (Å²) in [6, 6.07) is 5.11. The molecule has 5 heteroatoms. The molecule has 0 spiro atoms. The van der Waals surface area contributed by atoms with E-state index in [0.29, 0.717) is 17.3 Å². The molecular weight excluding hydrogens is 252 g/mol. The Balaban J connectivity index is 2.06. The molecule has 2 rings (SSSR count). The molecule has 0 radical (unpaired) electrons. The number of furan rings is 1. The first-order chi connectivity index (χ1) is 8.69. The van der Waals surface area contributed by atoms with Crippen molar-refractivity contribution in [2.45, 2.75) is 19.9 Å². The van der Waals surface area contributed by atoms with E-state index in [1.807, 2.05) is 6.92 Å². The molecule has 18 heavy (non-hydrogen) atoms. The van der Waals surface area contributed by atoms with E-state index >= 15 is 0 Å². The smallest absolute Gasteiger partial charge is 0.251 e. The van der Waals surface area contributed by atoms with Crippen LogP contribution in [0.2, 0.25) is 5.15 Å². The molecule has 4 nitrogen and oxygen atoms in total. The van der Waals surface area contributed by atoms with Gasteiger partial charge in [0, 0.05) is 23.4 Å². The Morgan fingerprint density at radius 1 is 1.50 bits per heavy atom. The van der Waals surface area contributed by atoms with Gasteiger partial charge in [0.05, 0.1) is 12.5 Å². The van der Waals surface area contributed by atoms with Gasteiger partial charge in [-0.15, -0.1) is 0 Å². The molecule has 0 fully saturated rings. The zero-order valence-corrected chi connectivity index (χ0v) is 10.7. The molecule has 1 amide bonds. The minimum absolute atomic E-state index is 0.171. The lowest BCUT2D eigenvalue weighted by Crippen LogP contribution is -2.22. The summed E-state index contributed by atoms with van der Waals surface area (Å²) in [6.07, 6.45) is 3.90. The monoisotopic (exact) mass is 264 g/mol. The van der Waals surface area contributed by atoms with Gasteiger partial charge in [-0.1, -0.05) is 18.5 Å². The van der Waals surface area contributed by atoms with Crippen LogP contribution < -0.4 is 5.32 Å². The normalized spacial score (nSPS) is 10.3. The van der Waals surface area contributed by atoms with Gasteiger partial charge in [-0.25, -0.2) is 4.98 Å². The van der Waals surface area contributed by atoms with Gasteiger partial charge in [-0.05, 0) is 24.6 Å². The molecule has 0 saturated carbocycles. The summed E-state index contributed by atoms with van der Waals surface area (Å²) >= 11 is 5.87. The SMILES string of the molecule is CCc1cc(C(=O)NCc2ccoc2)cc(Cl)n1. The molecule has 0 aromatic carbocycles. The number of carbonyl (C=O) groups is 1. The van der Waals surface area contributed by atoms with Gasteiger partial charge in [0.1, 0.15) is 5.15 Å². The third-order valence-corrected chi connectivity index (χ3v) is 2.70. The number of carbonyl (C=O) groups excluding carboxylic acids is 1. The molecular formula is C13H13ClN2O2. The Hall–Kier alpha value is -1.81. The van der Waals surface area contributed by atoms with E-state index in [2.05, 4.69) is 10.3 Å². The lowest BCUT2D eigenvalue weighted by atomic mass is 10.2. The van der Waals surface area contributed by atoms with Crippen LogP contribution in [0.4, 0.5) is 0 Å². The molecule has 1 N–H and O–H groups in total. The maximum absolute atomic E-state index is 11.9. The average molecular weight is 265 g/mol. The van der Waals surface area contributed by atoms with Crippen LogP contribution in [0, 0.1) is 0 Å². The highest BCUT2D eigenvalue weighted by atomic mass is 35.5. The first-order valence-electron chi connectivity index (χ1n) is 5.64. The van der Waals surface area contributed by atoms with Crippen molar-refractivity contribution in [3.05, 3.63) is 52.7 Å². The average Bonchev–Trinajstić information content (AvgIpc) is 2.88. The van der Waals surface area contributed by atoms with Crippen LogP contribution in [-0.2, 0) is 13.0 Å². The van der Waals surface area contributed by atoms with E-state index in [0.717, 1.165) is 17.7 Å². The van der Waals surface area contributed by atoms with E-state index in [1.54, 1.807) is 30.7 Å². The quantitative estimate of drug-likeness (QED) is 0.864. The number of nitrogens with one attached hydrogen (secondary N) is 1. The van der Waals surface area contributed by atoms with Crippen molar-refractivity contribution in [2.75, 3.05) is 0 Å². The third kappa shape index (κ3) is 3.11. The summed E-state index contributed by atoms with van der Waals surface area (Å²) in [5.74, 6) is -0.171. The van der Waals surface area contributed by atoms with E-state index in [9.17, 15) is 4.79 Å². The van der Waals surface area contributed by atoms with Gasteiger partial charge in [0.25, 0.3) is 5.91 Å². The van der Waals surface area contributed by atoms with Crippen molar-refractivity contribution in [2.24, 2.45) is 0 Å². The van der Waals surface area contributed by atoms with Gasteiger partial charge >= 0.3 is 0 Å². The number of nitrogens with zero attached hydrogens (tertiary/aromatic N) is 1. The fourth-order valence-corrected chi connectivity index (χ4v) is 1.77. The molecule has 2 aromatic heterocycles. The van der Waals surface area contributed by atoms with Crippen LogP contribution in [0.15, 0.2) is 35.1 Å². The van der Waals surface area contributed by atoms with Gasteiger partial charge in [0.15, 0.2) is 0 Å². The largest absolute Gasteiger partial charge is 0.472 e. The van der Waals surface area contributed by atoms with Crippen molar-refractivity contribution in [1.82, 2.24) is 10.3 Å². The van der Waals surface area contributed by atoms with Crippen LogP contribution in [0.1, 0.15) is 28.5 Å². The van der Waals surface area contributed by atoms with Crippen molar-refractivity contribution >= 4 is 17.5 Å². The second-order valence-corrected chi connectivity index (χ2v) is 4.22. The minimum Gasteiger partial charge on any atom is -0.472 e. The van der Waals surface area contributed by atoms with E-state index in [4.69, 9.17) is 16.0 Å². The van der Waals surface area contributed by atoms with Gasteiger partial charge < -0.3 is 9.73 Å². The van der Waals surface area contributed by atoms with Crippen LogP contribution in [-0.4, -0.2) is 10.9 Å². The molecule has 0 unspecified atom stereocenters. The van der Waals surface area contributed by atoms with Crippen molar-refractivity contribution < 1.29 is 9.21 Å². The van der Waals surface area contributed by atoms with E-state index in [1.165, 1.54) is 0 Å². The maximum atomic E-state index is 11.9. The first kappa shape index (κ1) is 12.6. The third-order valence-electron chi connectivity index (χ3n) is 2.50. The summed E-state index contributed by atoms with van der Waals surface area (Å²) in [5.41, 5.74) is 2.24. The lowest BCUT2D eigenvalue weighted by Gasteiger charge is -2.05. The number of aryl methyl sites for hydroxylation is 1. The van der Waals surface area contributed by atoms with Crippen LogP contribution in [0.25, 0.3) is 0 Å². The second kappa shape index (κ2) is 5.69. The molecule has 2 aromatic rings. The number of pyridine rings is 1. The summed E-state index contributed by atoms with van der Waals surface area (Å²) < 4.78 is 4.93. The molecule has 0 bridgehead atoms. The molecule has 2 heterocycles. The van der Waals surface area contributed by atoms with Crippen LogP contribution >= 0.6 is 11.6 Å². The highest BCUT2D eigenvalue weighted by Crippen LogP contribution is 2.11. The highest BCUT2D eigenvalue weighted by Gasteiger charge is 2.08. The minimum atomic E-state index is -0.171. The van der Waals surface area contributed by atoms with E-state index < -0.39 is 0 Å². The summed E-state index contributed by atoms with van der Waals surface area (Å²) in [5, 5.41) is 3.13. The number of hydrogen-bond donors (Lipinski definition) is 1. The summed E-state index contributed by atoms with van der Waals surface area (Å²) in [4.78, 5) is 16.0. The zero-order valence-electron chi connectivity index (χ0n) is 9.94. The van der Waals surface area contributed by atoms with Gasteiger partial charge in [-0.3, -0.25) is 4.79 Å². The molecule has 0 aliphatic carbocycles. The van der Waals surface area contributed by atoms with Gasteiger partial charge in [-0.2, -0.15) is 0 Å². The number of hydrogen-bond acceptors (Lipinski definition) is 3. The Labute approximate surface area is 110 Å². The Kier molecular flexibility index (Phi) is 3.99. The molecule has 0 atom stereocenters. The van der Waals surface area contributed by atoms with Crippen LogP contribution in [0.5, 0.6) is 0 Å². The lowest BCUT2D eigenvalue weighted by molar-refractivity contribution is 0.0950. The Morgan fingerprint density at radius 2 is 2.33 bits per heavy atom. The second-order valence-electron chi connectivity index (χ2n) is 3.84. The fourth-order valence-electron chi connectivity index (χ4n) is 1.54. The molecule has 0 aliphatic heterocycles. The number of halogens is 1. The number of aromatic nitrogens is 1. The number of rotatable bonds is 4. The Morgan fingerprint density at radius 3 is 3.00 bits per heavy atom. The predicted octanol–water partition coefficient (Wildman–Crippen LogP) is 2.82. The van der Waals surface area contributed by atoms with E-state index in [-0.39, 0.29) is 5.91 Å². The predicted molar refractivity (Wildman–Crippen MR) is 68.5 cm³/mol. The van der Waals surface area contributed by atoms with Crippen molar-refractivity contribution in [3.8, 4) is 0 Å². The molecule has 0 saturated heterocycles. The number of amides is 1. The van der Waals surface area contributed by atoms with Crippen LogP contribution in [0.3, 0.4) is 0 Å². The van der Waals surface area contributed by atoms with Gasteiger partial charge in [0.2, 0.25) is 0 Å². The zero-order chi connectivity index (χ0) is 13.0.